The summed E-state index contributed by atoms with van der Waals surface area (Å²) in [5.41, 5.74) is 1.16. The molecule has 1 N–H and O–H groups in total. The second-order valence-electron chi connectivity index (χ2n) is 7.09. The van der Waals surface area contributed by atoms with Gasteiger partial charge < -0.3 is 9.80 Å². The first-order chi connectivity index (χ1) is 11.2. The highest BCUT2D eigenvalue weighted by atomic mass is 19.1. The van der Waals surface area contributed by atoms with Gasteiger partial charge in [0.05, 0.1) is 19.0 Å². The van der Waals surface area contributed by atoms with Gasteiger partial charge in [-0.05, 0) is 37.8 Å². The second-order valence-corrected chi connectivity index (χ2v) is 7.09. The van der Waals surface area contributed by atoms with E-state index in [0.29, 0.717) is 5.91 Å². The van der Waals surface area contributed by atoms with Crippen molar-refractivity contribution in [1.82, 2.24) is 4.90 Å². The molecule has 3 rings (SSSR count). The van der Waals surface area contributed by atoms with E-state index >= 15 is 0 Å². The molecule has 2 aliphatic rings. The fourth-order valence-corrected chi connectivity index (χ4v) is 3.96. The number of rotatable bonds is 3. The Morgan fingerprint density at radius 2 is 1.78 bits per heavy atom. The van der Waals surface area contributed by atoms with Gasteiger partial charge in [-0.3, -0.25) is 4.79 Å². The third-order valence-electron chi connectivity index (χ3n) is 5.25. The summed E-state index contributed by atoms with van der Waals surface area (Å²) in [6, 6.07) is 6.78. The van der Waals surface area contributed by atoms with E-state index in [4.69, 9.17) is 0 Å². The molecule has 2 heterocycles. The van der Waals surface area contributed by atoms with Crippen molar-refractivity contribution in [1.29, 1.82) is 0 Å². The van der Waals surface area contributed by atoms with Crippen molar-refractivity contribution in [2.45, 2.75) is 45.1 Å². The van der Waals surface area contributed by atoms with Crippen LogP contribution >= 0.6 is 0 Å². The number of quaternary nitrogens is 1. The van der Waals surface area contributed by atoms with Crippen molar-refractivity contribution >= 4 is 5.91 Å². The molecule has 0 aliphatic carbocycles. The zero-order chi connectivity index (χ0) is 16.1. The highest BCUT2D eigenvalue weighted by molar-refractivity contribution is 5.79. The molecule has 0 saturated carbocycles. The van der Waals surface area contributed by atoms with Crippen LogP contribution in [-0.2, 0) is 11.3 Å². The lowest BCUT2D eigenvalue weighted by Crippen LogP contribution is -3.12. The van der Waals surface area contributed by atoms with Crippen LogP contribution in [0.5, 0.6) is 0 Å². The molecule has 126 valence electrons. The average Bonchev–Trinajstić information content (AvgIpc) is 2.86. The van der Waals surface area contributed by atoms with E-state index in [1.54, 1.807) is 0 Å². The van der Waals surface area contributed by atoms with Crippen molar-refractivity contribution < 1.29 is 14.1 Å². The van der Waals surface area contributed by atoms with Crippen LogP contribution in [0, 0.1) is 11.7 Å². The van der Waals surface area contributed by atoms with Crippen LogP contribution in [0.15, 0.2) is 24.3 Å². The van der Waals surface area contributed by atoms with E-state index in [2.05, 4.69) is 4.90 Å². The van der Waals surface area contributed by atoms with Gasteiger partial charge in [-0.25, -0.2) is 4.39 Å². The Kier molecular flexibility index (Phi) is 5.65. The minimum Gasteiger partial charge on any atom is -0.342 e. The zero-order valence-corrected chi connectivity index (χ0v) is 13.9. The first kappa shape index (κ1) is 16.4. The van der Waals surface area contributed by atoms with Gasteiger partial charge in [0.15, 0.2) is 0 Å². The van der Waals surface area contributed by atoms with E-state index in [9.17, 15) is 9.18 Å². The number of nitrogens with one attached hydrogen (secondary N) is 1. The largest absolute Gasteiger partial charge is 0.342 e. The third-order valence-corrected chi connectivity index (χ3v) is 5.25. The van der Waals surface area contributed by atoms with Crippen LogP contribution in [0.2, 0.25) is 0 Å². The van der Waals surface area contributed by atoms with Crippen molar-refractivity contribution in [3.8, 4) is 0 Å². The summed E-state index contributed by atoms with van der Waals surface area (Å²) >= 11 is 0. The highest BCUT2D eigenvalue weighted by Crippen LogP contribution is 2.16. The van der Waals surface area contributed by atoms with Crippen LogP contribution in [0.4, 0.5) is 4.39 Å². The Morgan fingerprint density at radius 3 is 2.48 bits per heavy atom. The van der Waals surface area contributed by atoms with Crippen molar-refractivity contribution in [2.24, 2.45) is 5.92 Å². The summed E-state index contributed by atoms with van der Waals surface area (Å²) in [4.78, 5) is 16.4. The Bertz CT molecular complexity index is 509. The predicted molar refractivity (Wildman–Crippen MR) is 88.6 cm³/mol. The molecule has 1 aromatic rings. The molecule has 1 unspecified atom stereocenters. The first-order valence-electron chi connectivity index (χ1n) is 9.09. The second kappa shape index (κ2) is 7.91. The minimum atomic E-state index is -0.184. The maximum absolute atomic E-state index is 13.0. The molecule has 0 radical (unpaired) electrons. The van der Waals surface area contributed by atoms with Crippen molar-refractivity contribution in [3.05, 3.63) is 35.6 Å². The van der Waals surface area contributed by atoms with Crippen molar-refractivity contribution in [3.63, 3.8) is 0 Å². The molecule has 0 spiro atoms. The molecular weight excluding hydrogens is 291 g/mol. The molecule has 2 atom stereocenters. The quantitative estimate of drug-likeness (QED) is 0.906. The van der Waals surface area contributed by atoms with E-state index in [0.717, 1.165) is 64.0 Å². The van der Waals surface area contributed by atoms with E-state index in [1.165, 1.54) is 29.9 Å². The number of hydrogen-bond acceptors (Lipinski definition) is 1. The lowest BCUT2D eigenvalue weighted by molar-refractivity contribution is -0.921. The maximum atomic E-state index is 13.0. The Balaban J connectivity index is 1.56. The summed E-state index contributed by atoms with van der Waals surface area (Å²) in [6.07, 6.45) is 6.98. The highest BCUT2D eigenvalue weighted by Gasteiger charge is 2.31. The summed E-state index contributed by atoms with van der Waals surface area (Å²) in [6.45, 7) is 4.82. The summed E-state index contributed by atoms with van der Waals surface area (Å²) in [5, 5.41) is 0. The fraction of sp³-hybridized carbons (Fsp3) is 0.632. The molecule has 1 aromatic carbocycles. The van der Waals surface area contributed by atoms with Gasteiger partial charge >= 0.3 is 0 Å². The number of carbonyl (C=O) groups is 1. The number of halogens is 1. The van der Waals surface area contributed by atoms with Gasteiger partial charge in [-0.15, -0.1) is 0 Å². The normalized spacial score (nSPS) is 25.9. The smallest absolute Gasteiger partial charge is 0.231 e. The number of amides is 1. The number of likely N-dealkylation sites (tertiary alicyclic amines) is 2. The molecule has 23 heavy (non-hydrogen) atoms. The molecule has 2 aliphatic heterocycles. The van der Waals surface area contributed by atoms with E-state index in [1.807, 2.05) is 12.1 Å². The van der Waals surface area contributed by atoms with Crippen LogP contribution < -0.4 is 4.90 Å². The van der Waals surface area contributed by atoms with Crippen LogP contribution in [0.3, 0.4) is 0 Å². The van der Waals surface area contributed by atoms with Crippen LogP contribution in [0.1, 0.15) is 44.1 Å². The SMILES string of the molecule is O=C([C@@H]1CCC[NH+](Cc2ccc(F)cc2)C1)N1CCCCCC1. The van der Waals surface area contributed by atoms with E-state index in [-0.39, 0.29) is 11.7 Å². The number of carbonyl (C=O) groups excluding carboxylic acids is 1. The average molecular weight is 319 g/mol. The molecule has 1 amide bonds. The number of nitrogens with zero attached hydrogens (tertiary/aromatic N) is 1. The molecule has 2 saturated heterocycles. The molecule has 0 aromatic heterocycles. The fourth-order valence-electron chi connectivity index (χ4n) is 3.96. The van der Waals surface area contributed by atoms with Gasteiger partial charge in [0, 0.05) is 18.7 Å². The van der Waals surface area contributed by atoms with Crippen molar-refractivity contribution in [2.75, 3.05) is 26.2 Å². The standard InChI is InChI=1S/C19H27FN2O/c20-18-9-7-16(8-10-18)14-21-11-5-6-17(15-21)19(23)22-12-3-1-2-4-13-22/h7-10,17H,1-6,11-15H2/p+1/t17-/m1/s1. The monoisotopic (exact) mass is 319 g/mol. The zero-order valence-electron chi connectivity index (χ0n) is 13.9. The van der Waals surface area contributed by atoms with Gasteiger partial charge in [0.2, 0.25) is 5.91 Å². The number of benzene rings is 1. The molecule has 2 fully saturated rings. The summed E-state index contributed by atoms with van der Waals surface area (Å²) < 4.78 is 13.0. The Labute approximate surface area is 138 Å². The van der Waals surface area contributed by atoms with E-state index < -0.39 is 0 Å². The lowest BCUT2D eigenvalue weighted by Gasteiger charge is -2.32. The minimum absolute atomic E-state index is 0.178. The summed E-state index contributed by atoms with van der Waals surface area (Å²) in [5.74, 6) is 0.372. The molecule has 0 bridgehead atoms. The first-order valence-corrected chi connectivity index (χ1v) is 9.09. The molecule has 4 heteroatoms. The predicted octanol–water partition coefficient (Wildman–Crippen LogP) is 2.02. The third kappa shape index (κ3) is 4.54. The summed E-state index contributed by atoms with van der Waals surface area (Å²) in [7, 11) is 0. The topological polar surface area (TPSA) is 24.8 Å². The lowest BCUT2D eigenvalue weighted by atomic mass is 9.96. The molecular formula is C19H28FN2O+. The molecule has 3 nitrogen and oxygen atoms in total. The Morgan fingerprint density at radius 1 is 1.09 bits per heavy atom. The number of hydrogen-bond donors (Lipinski definition) is 1. The van der Waals surface area contributed by atoms with Gasteiger partial charge in [-0.2, -0.15) is 0 Å². The van der Waals surface area contributed by atoms with Gasteiger partial charge in [0.25, 0.3) is 0 Å². The van der Waals surface area contributed by atoms with Crippen LogP contribution in [0.25, 0.3) is 0 Å². The number of piperidine rings is 1. The van der Waals surface area contributed by atoms with Crippen LogP contribution in [-0.4, -0.2) is 37.0 Å². The maximum Gasteiger partial charge on any atom is 0.231 e. The van der Waals surface area contributed by atoms with Gasteiger partial charge in [0.1, 0.15) is 12.4 Å². The Hall–Kier alpha value is -1.42. The van der Waals surface area contributed by atoms with Gasteiger partial charge in [-0.1, -0.05) is 25.0 Å².